The number of nitrogens with two attached hydrogens (primary N) is 1. The van der Waals surface area contributed by atoms with Crippen molar-refractivity contribution in [1.29, 1.82) is 0 Å². The molecule has 2 heteroatoms. The SMILES string of the molecule is CC(CCN)CN1CCCC(C)C1. The summed E-state index contributed by atoms with van der Waals surface area (Å²) in [5.74, 6) is 1.68. The molecular formula is C11H24N2. The predicted octanol–water partition coefficient (Wildman–Crippen LogP) is 1.70. The van der Waals surface area contributed by atoms with Gasteiger partial charge < -0.3 is 10.6 Å². The second kappa shape index (κ2) is 5.61. The van der Waals surface area contributed by atoms with Crippen LogP contribution in [0.15, 0.2) is 0 Å². The lowest BCUT2D eigenvalue weighted by Crippen LogP contribution is -2.37. The van der Waals surface area contributed by atoms with E-state index >= 15 is 0 Å². The largest absolute Gasteiger partial charge is 0.330 e. The molecule has 1 heterocycles. The van der Waals surface area contributed by atoms with E-state index in [0.717, 1.165) is 18.4 Å². The van der Waals surface area contributed by atoms with Gasteiger partial charge in [0.2, 0.25) is 0 Å². The number of hydrogen-bond donors (Lipinski definition) is 1. The molecule has 2 nitrogen and oxygen atoms in total. The molecule has 0 spiro atoms. The fraction of sp³-hybridized carbons (Fsp3) is 1.00. The molecule has 2 unspecified atom stereocenters. The summed E-state index contributed by atoms with van der Waals surface area (Å²) in [5.41, 5.74) is 5.54. The van der Waals surface area contributed by atoms with E-state index in [1.165, 1.54) is 38.9 Å². The summed E-state index contributed by atoms with van der Waals surface area (Å²) in [7, 11) is 0. The highest BCUT2D eigenvalue weighted by Gasteiger charge is 2.17. The van der Waals surface area contributed by atoms with Crippen LogP contribution in [0.5, 0.6) is 0 Å². The Morgan fingerprint density at radius 1 is 1.54 bits per heavy atom. The maximum Gasteiger partial charge on any atom is 0.000760 e. The van der Waals surface area contributed by atoms with Crippen LogP contribution in [0.25, 0.3) is 0 Å². The van der Waals surface area contributed by atoms with Crippen molar-refractivity contribution < 1.29 is 0 Å². The van der Waals surface area contributed by atoms with Gasteiger partial charge in [0.05, 0.1) is 0 Å². The smallest absolute Gasteiger partial charge is 0.000760 e. The summed E-state index contributed by atoms with van der Waals surface area (Å²) in [6, 6.07) is 0. The van der Waals surface area contributed by atoms with Crippen molar-refractivity contribution in [3.63, 3.8) is 0 Å². The molecule has 2 N–H and O–H groups in total. The van der Waals surface area contributed by atoms with Crippen molar-refractivity contribution in [2.45, 2.75) is 33.1 Å². The Balaban J connectivity index is 2.19. The lowest BCUT2D eigenvalue weighted by atomic mass is 9.98. The molecule has 78 valence electrons. The zero-order chi connectivity index (χ0) is 9.68. The minimum absolute atomic E-state index is 0.773. The maximum atomic E-state index is 5.54. The third kappa shape index (κ3) is 4.10. The van der Waals surface area contributed by atoms with Crippen LogP contribution in [0.4, 0.5) is 0 Å². The van der Waals surface area contributed by atoms with Gasteiger partial charge in [-0.2, -0.15) is 0 Å². The fourth-order valence-electron chi connectivity index (χ4n) is 2.27. The maximum absolute atomic E-state index is 5.54. The first-order valence-corrected chi connectivity index (χ1v) is 5.64. The molecule has 0 aliphatic carbocycles. The van der Waals surface area contributed by atoms with Crippen LogP contribution in [0.3, 0.4) is 0 Å². The molecule has 0 saturated carbocycles. The van der Waals surface area contributed by atoms with Crippen LogP contribution < -0.4 is 5.73 Å². The number of nitrogens with zero attached hydrogens (tertiary/aromatic N) is 1. The summed E-state index contributed by atoms with van der Waals surface area (Å²) in [5, 5.41) is 0. The Morgan fingerprint density at radius 2 is 2.31 bits per heavy atom. The van der Waals surface area contributed by atoms with Crippen molar-refractivity contribution in [2.75, 3.05) is 26.2 Å². The number of piperidine rings is 1. The van der Waals surface area contributed by atoms with Crippen LogP contribution in [-0.4, -0.2) is 31.1 Å². The number of rotatable bonds is 4. The van der Waals surface area contributed by atoms with E-state index in [1.807, 2.05) is 0 Å². The van der Waals surface area contributed by atoms with Crippen molar-refractivity contribution >= 4 is 0 Å². The van der Waals surface area contributed by atoms with E-state index in [-0.39, 0.29) is 0 Å². The normalized spacial score (nSPS) is 27.5. The molecule has 1 aliphatic rings. The Hall–Kier alpha value is -0.0800. The van der Waals surface area contributed by atoms with Crippen LogP contribution >= 0.6 is 0 Å². The van der Waals surface area contributed by atoms with Gasteiger partial charge in [0.15, 0.2) is 0 Å². The van der Waals surface area contributed by atoms with Crippen LogP contribution in [0.1, 0.15) is 33.1 Å². The van der Waals surface area contributed by atoms with Gasteiger partial charge in [-0.1, -0.05) is 13.8 Å². The predicted molar refractivity (Wildman–Crippen MR) is 57.7 cm³/mol. The average Bonchev–Trinajstić information content (AvgIpc) is 2.04. The molecule has 1 fully saturated rings. The van der Waals surface area contributed by atoms with E-state index in [0.29, 0.717) is 0 Å². The van der Waals surface area contributed by atoms with E-state index in [4.69, 9.17) is 5.73 Å². The first kappa shape index (κ1) is 11.0. The minimum atomic E-state index is 0.773. The third-order valence-electron chi connectivity index (χ3n) is 2.97. The molecule has 1 aliphatic heterocycles. The van der Waals surface area contributed by atoms with Gasteiger partial charge >= 0.3 is 0 Å². The van der Waals surface area contributed by atoms with Crippen molar-refractivity contribution in [1.82, 2.24) is 4.90 Å². The highest BCUT2D eigenvalue weighted by atomic mass is 15.1. The van der Waals surface area contributed by atoms with Crippen LogP contribution in [-0.2, 0) is 0 Å². The molecule has 0 aromatic rings. The van der Waals surface area contributed by atoms with Crippen molar-refractivity contribution in [3.8, 4) is 0 Å². The Morgan fingerprint density at radius 3 is 2.92 bits per heavy atom. The van der Waals surface area contributed by atoms with Gasteiger partial charge in [-0.15, -0.1) is 0 Å². The summed E-state index contributed by atoms with van der Waals surface area (Å²) in [6.45, 7) is 9.37. The van der Waals surface area contributed by atoms with Crippen molar-refractivity contribution in [3.05, 3.63) is 0 Å². The topological polar surface area (TPSA) is 29.3 Å². The highest BCUT2D eigenvalue weighted by Crippen LogP contribution is 2.17. The van der Waals surface area contributed by atoms with Gasteiger partial charge in [-0.25, -0.2) is 0 Å². The van der Waals surface area contributed by atoms with Crippen LogP contribution in [0, 0.1) is 11.8 Å². The molecule has 0 aromatic carbocycles. The zero-order valence-electron chi connectivity index (χ0n) is 9.13. The first-order valence-electron chi connectivity index (χ1n) is 5.64. The fourth-order valence-corrected chi connectivity index (χ4v) is 2.27. The Bertz CT molecular complexity index is 136. The molecule has 1 rings (SSSR count). The highest BCUT2D eigenvalue weighted by molar-refractivity contribution is 4.71. The van der Waals surface area contributed by atoms with Gasteiger partial charge in [-0.05, 0) is 44.2 Å². The zero-order valence-corrected chi connectivity index (χ0v) is 9.13. The summed E-state index contributed by atoms with van der Waals surface area (Å²) < 4.78 is 0. The summed E-state index contributed by atoms with van der Waals surface area (Å²) >= 11 is 0. The molecule has 0 radical (unpaired) electrons. The van der Waals surface area contributed by atoms with Crippen LogP contribution in [0.2, 0.25) is 0 Å². The lowest BCUT2D eigenvalue weighted by Gasteiger charge is -2.32. The third-order valence-corrected chi connectivity index (χ3v) is 2.97. The lowest BCUT2D eigenvalue weighted by molar-refractivity contribution is 0.161. The molecule has 2 atom stereocenters. The van der Waals surface area contributed by atoms with Gasteiger partial charge in [0.25, 0.3) is 0 Å². The molecule has 1 saturated heterocycles. The van der Waals surface area contributed by atoms with E-state index in [1.54, 1.807) is 0 Å². The van der Waals surface area contributed by atoms with Gasteiger partial charge in [0.1, 0.15) is 0 Å². The second-order valence-electron chi connectivity index (χ2n) is 4.69. The van der Waals surface area contributed by atoms with E-state index in [9.17, 15) is 0 Å². The number of hydrogen-bond acceptors (Lipinski definition) is 2. The Kier molecular flexibility index (Phi) is 4.74. The molecule has 0 bridgehead atoms. The van der Waals surface area contributed by atoms with E-state index < -0.39 is 0 Å². The monoisotopic (exact) mass is 184 g/mol. The number of likely N-dealkylation sites (tertiary alicyclic amines) is 1. The molecular weight excluding hydrogens is 160 g/mol. The van der Waals surface area contributed by atoms with Gasteiger partial charge in [0, 0.05) is 13.1 Å². The van der Waals surface area contributed by atoms with E-state index in [2.05, 4.69) is 18.7 Å². The first-order chi connectivity index (χ1) is 6.22. The quantitative estimate of drug-likeness (QED) is 0.720. The summed E-state index contributed by atoms with van der Waals surface area (Å²) in [6.07, 6.45) is 3.98. The molecule has 0 amide bonds. The minimum Gasteiger partial charge on any atom is -0.330 e. The molecule has 13 heavy (non-hydrogen) atoms. The Labute approximate surface area is 82.5 Å². The standard InChI is InChI=1S/C11H24N2/c1-10-4-3-7-13(8-10)9-11(2)5-6-12/h10-11H,3-9,12H2,1-2H3. The summed E-state index contributed by atoms with van der Waals surface area (Å²) in [4.78, 5) is 2.61. The second-order valence-corrected chi connectivity index (χ2v) is 4.69. The van der Waals surface area contributed by atoms with Crippen molar-refractivity contribution in [2.24, 2.45) is 17.6 Å². The average molecular weight is 184 g/mol. The van der Waals surface area contributed by atoms with Gasteiger partial charge in [-0.3, -0.25) is 0 Å². The molecule has 0 aromatic heterocycles.